The van der Waals surface area contributed by atoms with Gasteiger partial charge in [0.1, 0.15) is 5.76 Å². The summed E-state index contributed by atoms with van der Waals surface area (Å²) in [6.07, 6.45) is 11.6. The maximum Gasteiger partial charge on any atom is 0.170 e. The minimum Gasteiger partial charge on any atom is -0.360 e. The molecule has 0 spiro atoms. The van der Waals surface area contributed by atoms with Gasteiger partial charge in [0, 0.05) is 24.1 Å². The molecule has 0 aromatic carbocycles. The summed E-state index contributed by atoms with van der Waals surface area (Å²) in [6.45, 7) is 7.85. The third kappa shape index (κ3) is 1.76. The molecule has 1 aromatic heterocycles. The van der Waals surface area contributed by atoms with E-state index in [0.29, 0.717) is 5.92 Å². The molecule has 3 atom stereocenters. The van der Waals surface area contributed by atoms with Crippen molar-refractivity contribution in [2.45, 2.75) is 25.8 Å². The van der Waals surface area contributed by atoms with E-state index < -0.39 is 0 Å². The molecule has 4 nitrogen and oxygen atoms in total. The van der Waals surface area contributed by atoms with Gasteiger partial charge in [-0.25, -0.2) is 0 Å². The maximum atomic E-state index is 5.17. The van der Waals surface area contributed by atoms with Crippen LogP contribution < -0.4 is 5.32 Å². The first-order valence-corrected chi connectivity index (χ1v) is 7.65. The van der Waals surface area contributed by atoms with Crippen LogP contribution >= 0.6 is 0 Å². The van der Waals surface area contributed by atoms with Gasteiger partial charge in [-0.3, -0.25) is 4.99 Å². The molecule has 1 saturated carbocycles. The second-order valence-electron chi connectivity index (χ2n) is 6.14. The molecule has 1 fully saturated rings. The van der Waals surface area contributed by atoms with E-state index in [9.17, 15) is 0 Å². The number of hydrogen-bond donors (Lipinski definition) is 1. The van der Waals surface area contributed by atoms with E-state index >= 15 is 0 Å². The normalized spacial score (nSPS) is 32.0. The zero-order valence-corrected chi connectivity index (χ0v) is 12.8. The number of aryl methyl sites for hydroxylation is 1. The number of fused-ring (bicyclic) bond motifs is 3. The largest absolute Gasteiger partial charge is 0.360 e. The van der Waals surface area contributed by atoms with Crippen LogP contribution in [0.4, 0.5) is 5.82 Å². The number of anilines is 1. The van der Waals surface area contributed by atoms with Gasteiger partial charge in [-0.2, -0.15) is 0 Å². The van der Waals surface area contributed by atoms with Crippen LogP contribution in [-0.2, 0) is 0 Å². The van der Waals surface area contributed by atoms with Crippen molar-refractivity contribution in [1.29, 1.82) is 0 Å². The lowest BCUT2D eigenvalue weighted by atomic mass is 9.82. The Labute approximate surface area is 130 Å². The molecule has 22 heavy (non-hydrogen) atoms. The summed E-state index contributed by atoms with van der Waals surface area (Å²) in [6, 6.07) is 1.93. The van der Waals surface area contributed by atoms with Gasteiger partial charge in [-0.15, -0.1) is 0 Å². The van der Waals surface area contributed by atoms with Crippen molar-refractivity contribution in [2.24, 2.45) is 16.8 Å². The molecule has 0 saturated heterocycles. The van der Waals surface area contributed by atoms with Crippen LogP contribution in [0.3, 0.4) is 0 Å². The lowest BCUT2D eigenvalue weighted by Crippen LogP contribution is -2.39. The average molecular weight is 293 g/mol. The van der Waals surface area contributed by atoms with E-state index in [4.69, 9.17) is 9.52 Å². The van der Waals surface area contributed by atoms with Crippen molar-refractivity contribution in [3.63, 3.8) is 0 Å². The van der Waals surface area contributed by atoms with Gasteiger partial charge >= 0.3 is 0 Å². The zero-order valence-electron chi connectivity index (χ0n) is 12.8. The predicted octanol–water partition coefficient (Wildman–Crippen LogP) is 3.81. The Morgan fingerprint density at radius 3 is 3.05 bits per heavy atom. The number of aromatic nitrogens is 1. The molecule has 4 rings (SSSR count). The molecule has 2 heterocycles. The Morgan fingerprint density at radius 2 is 2.36 bits per heavy atom. The van der Waals surface area contributed by atoms with Crippen molar-refractivity contribution < 1.29 is 4.52 Å². The highest BCUT2D eigenvalue weighted by molar-refractivity contribution is 6.07. The number of aliphatic imine (C=N–C) groups is 1. The molecule has 112 valence electrons. The first-order chi connectivity index (χ1) is 10.7. The topological polar surface area (TPSA) is 50.4 Å². The van der Waals surface area contributed by atoms with Gasteiger partial charge in [0.05, 0.1) is 11.3 Å². The Morgan fingerprint density at radius 1 is 1.50 bits per heavy atom. The summed E-state index contributed by atoms with van der Waals surface area (Å²) in [7, 11) is 0. The third-order valence-corrected chi connectivity index (χ3v) is 4.82. The van der Waals surface area contributed by atoms with Crippen molar-refractivity contribution >= 4 is 11.5 Å². The quantitative estimate of drug-likeness (QED) is 0.678. The number of nitrogens with one attached hydrogen (secondary N) is 1. The fourth-order valence-electron chi connectivity index (χ4n) is 3.61. The lowest BCUT2D eigenvalue weighted by Gasteiger charge is -2.27. The summed E-state index contributed by atoms with van der Waals surface area (Å²) < 4.78 is 5.17. The summed E-state index contributed by atoms with van der Waals surface area (Å²) in [5.41, 5.74) is 3.48. The standard InChI is InChI=1S/C18H19N3O/c1-4-12(5-2)15-10-19-17-14(15)7-6-13-9-18(13,17)20-16-8-11(3)22-21-16/h4-8,10,13-14H,1,9H2,2-3H3,(H,20,21)/b12-5+. The summed E-state index contributed by atoms with van der Waals surface area (Å²) in [5, 5.41) is 7.63. The van der Waals surface area contributed by atoms with Crippen LogP contribution in [0.25, 0.3) is 0 Å². The van der Waals surface area contributed by atoms with Crippen LogP contribution in [0.5, 0.6) is 0 Å². The summed E-state index contributed by atoms with van der Waals surface area (Å²) in [4.78, 5) is 4.75. The summed E-state index contributed by atoms with van der Waals surface area (Å²) in [5.74, 6) is 2.34. The first-order valence-electron chi connectivity index (χ1n) is 7.65. The van der Waals surface area contributed by atoms with E-state index in [1.165, 1.54) is 11.3 Å². The smallest absolute Gasteiger partial charge is 0.170 e. The van der Waals surface area contributed by atoms with Gasteiger partial charge in [0.15, 0.2) is 5.82 Å². The number of allylic oxidation sites excluding steroid dienone is 5. The van der Waals surface area contributed by atoms with Crippen molar-refractivity contribution in [2.75, 3.05) is 5.32 Å². The highest BCUT2D eigenvalue weighted by Crippen LogP contribution is 2.55. The van der Waals surface area contributed by atoms with Gasteiger partial charge < -0.3 is 9.84 Å². The van der Waals surface area contributed by atoms with Crippen LogP contribution in [0, 0.1) is 18.8 Å². The van der Waals surface area contributed by atoms with E-state index in [-0.39, 0.29) is 11.5 Å². The number of rotatable bonds is 4. The Hall–Kier alpha value is -2.36. The number of nitrogens with zero attached hydrogens (tertiary/aromatic N) is 2. The molecule has 0 bridgehead atoms. The molecule has 3 unspecified atom stereocenters. The molecule has 0 amide bonds. The monoisotopic (exact) mass is 293 g/mol. The fourth-order valence-corrected chi connectivity index (χ4v) is 3.61. The predicted molar refractivity (Wildman–Crippen MR) is 87.8 cm³/mol. The minimum absolute atomic E-state index is 0.0962. The minimum atomic E-state index is -0.0962. The van der Waals surface area contributed by atoms with Crippen LogP contribution in [0.15, 0.2) is 63.8 Å². The van der Waals surface area contributed by atoms with Gasteiger partial charge in [-0.05, 0) is 31.4 Å². The molecular formula is C18H19N3O. The summed E-state index contributed by atoms with van der Waals surface area (Å²) >= 11 is 0. The second kappa shape index (κ2) is 4.57. The van der Waals surface area contributed by atoms with Crippen LogP contribution in [0.1, 0.15) is 19.1 Å². The average Bonchev–Trinajstić information content (AvgIpc) is 2.84. The maximum absolute atomic E-state index is 5.17. The van der Waals surface area contributed by atoms with Crippen molar-refractivity contribution in [1.82, 2.24) is 5.16 Å². The van der Waals surface area contributed by atoms with E-state index in [1.54, 1.807) is 0 Å². The molecule has 2 aliphatic carbocycles. The molecule has 3 aliphatic rings. The molecule has 0 radical (unpaired) electrons. The van der Waals surface area contributed by atoms with Crippen molar-refractivity contribution in [3.05, 3.63) is 60.1 Å². The van der Waals surface area contributed by atoms with Gasteiger partial charge in [-0.1, -0.05) is 36.0 Å². The SMILES string of the molecule is C=C/C(=C\C)C1=CN=C2C1C=CC1CC21Nc1cc(C)on1. The first kappa shape index (κ1) is 13.3. The molecule has 1 N–H and O–H groups in total. The molecule has 1 aromatic rings. The lowest BCUT2D eigenvalue weighted by molar-refractivity contribution is 0.399. The van der Waals surface area contributed by atoms with E-state index in [2.05, 4.69) is 35.3 Å². The number of hydrogen-bond acceptors (Lipinski definition) is 4. The van der Waals surface area contributed by atoms with Gasteiger partial charge in [0.2, 0.25) is 0 Å². The Kier molecular flexibility index (Phi) is 2.76. The Bertz CT molecular complexity index is 765. The van der Waals surface area contributed by atoms with Gasteiger partial charge in [0.25, 0.3) is 0 Å². The second-order valence-corrected chi connectivity index (χ2v) is 6.14. The molecule has 4 heteroatoms. The third-order valence-electron chi connectivity index (χ3n) is 4.82. The van der Waals surface area contributed by atoms with Crippen LogP contribution in [0.2, 0.25) is 0 Å². The highest BCUT2D eigenvalue weighted by Gasteiger charge is 2.61. The Balaban J connectivity index is 1.64. The fraction of sp³-hybridized carbons (Fsp3) is 0.333. The zero-order chi connectivity index (χ0) is 15.3. The highest BCUT2D eigenvalue weighted by atomic mass is 16.5. The van der Waals surface area contributed by atoms with E-state index in [1.807, 2.05) is 32.2 Å². The van der Waals surface area contributed by atoms with Crippen molar-refractivity contribution in [3.8, 4) is 0 Å². The molecule has 1 aliphatic heterocycles. The molecular weight excluding hydrogens is 274 g/mol. The van der Waals surface area contributed by atoms with E-state index in [0.717, 1.165) is 23.6 Å². The van der Waals surface area contributed by atoms with Crippen LogP contribution in [-0.4, -0.2) is 16.4 Å².